The largest absolute Gasteiger partial charge is 0.465 e. The van der Waals surface area contributed by atoms with Gasteiger partial charge in [-0.25, -0.2) is 4.79 Å². The van der Waals surface area contributed by atoms with Gasteiger partial charge in [-0.3, -0.25) is 15.1 Å². The molecule has 0 unspecified atom stereocenters. The van der Waals surface area contributed by atoms with Crippen molar-refractivity contribution in [3.05, 3.63) is 84.1 Å². The molecule has 4 aromatic rings. The van der Waals surface area contributed by atoms with E-state index in [0.29, 0.717) is 28.1 Å². The summed E-state index contributed by atoms with van der Waals surface area (Å²) < 4.78 is 0. The molecule has 2 amide bonds. The summed E-state index contributed by atoms with van der Waals surface area (Å²) in [6.07, 6.45) is 2.40. The molecule has 1 heterocycles. The number of hydrogen-bond acceptors (Lipinski definition) is 4. The van der Waals surface area contributed by atoms with Crippen LogP contribution in [0.25, 0.3) is 22.0 Å². The zero-order chi connectivity index (χ0) is 22.9. The number of benzene rings is 3. The molecule has 0 radical (unpaired) electrons. The molecule has 1 aliphatic carbocycles. The van der Waals surface area contributed by atoms with Gasteiger partial charge in [0.15, 0.2) is 0 Å². The average Bonchev–Trinajstić information content (AvgIpc) is 3.65. The van der Waals surface area contributed by atoms with Crippen molar-refractivity contribution < 1.29 is 14.7 Å². The highest BCUT2D eigenvalue weighted by Gasteiger charge is 2.29. The van der Waals surface area contributed by atoms with E-state index in [1.165, 1.54) is 6.20 Å². The van der Waals surface area contributed by atoms with E-state index in [4.69, 9.17) is 10.8 Å². The first-order valence-electron chi connectivity index (χ1n) is 10.7. The SMILES string of the molecule is Nc1ccc(-c2ccccc2)cc1NC(=O)c1cnc2c(C3CC3)c(NC(=O)O)ccc2c1. The summed E-state index contributed by atoms with van der Waals surface area (Å²) in [6, 6.07) is 20.7. The van der Waals surface area contributed by atoms with E-state index in [0.717, 1.165) is 34.9 Å². The quantitative estimate of drug-likeness (QED) is 0.298. The van der Waals surface area contributed by atoms with E-state index in [1.807, 2.05) is 42.5 Å². The Hall–Kier alpha value is -4.39. The number of carbonyl (C=O) groups excluding carboxylic acids is 1. The molecule has 5 N–H and O–H groups in total. The molecule has 1 aromatic heterocycles. The monoisotopic (exact) mass is 438 g/mol. The summed E-state index contributed by atoms with van der Waals surface area (Å²) in [5, 5.41) is 15.3. The Kier molecular flexibility index (Phi) is 5.14. The lowest BCUT2D eigenvalue weighted by molar-refractivity contribution is 0.102. The topological polar surface area (TPSA) is 117 Å². The third kappa shape index (κ3) is 4.21. The third-order valence-electron chi connectivity index (χ3n) is 5.79. The van der Waals surface area contributed by atoms with E-state index in [-0.39, 0.29) is 11.8 Å². The van der Waals surface area contributed by atoms with Crippen molar-refractivity contribution in [2.24, 2.45) is 0 Å². The normalized spacial score (nSPS) is 13.0. The van der Waals surface area contributed by atoms with Crippen LogP contribution in [0.2, 0.25) is 0 Å². The highest BCUT2D eigenvalue weighted by atomic mass is 16.4. The van der Waals surface area contributed by atoms with Gasteiger partial charge in [-0.05, 0) is 54.2 Å². The zero-order valence-corrected chi connectivity index (χ0v) is 17.7. The fourth-order valence-electron chi connectivity index (χ4n) is 4.03. The second-order valence-electron chi connectivity index (χ2n) is 8.15. The zero-order valence-electron chi connectivity index (χ0n) is 17.7. The second-order valence-corrected chi connectivity index (χ2v) is 8.15. The maximum Gasteiger partial charge on any atom is 0.409 e. The summed E-state index contributed by atoms with van der Waals surface area (Å²) in [5.41, 5.74) is 11.6. The second kappa shape index (κ2) is 8.27. The van der Waals surface area contributed by atoms with Gasteiger partial charge in [0.1, 0.15) is 0 Å². The number of nitrogens with two attached hydrogens (primary N) is 1. The van der Waals surface area contributed by atoms with Crippen LogP contribution in [0.5, 0.6) is 0 Å². The summed E-state index contributed by atoms with van der Waals surface area (Å²) in [7, 11) is 0. The van der Waals surface area contributed by atoms with E-state index < -0.39 is 6.09 Å². The van der Waals surface area contributed by atoms with E-state index in [2.05, 4.69) is 15.6 Å². The van der Waals surface area contributed by atoms with Crippen LogP contribution in [0.4, 0.5) is 21.9 Å². The minimum Gasteiger partial charge on any atom is -0.465 e. The maximum absolute atomic E-state index is 13.0. The van der Waals surface area contributed by atoms with E-state index >= 15 is 0 Å². The summed E-state index contributed by atoms with van der Waals surface area (Å²) in [4.78, 5) is 28.7. The van der Waals surface area contributed by atoms with Crippen molar-refractivity contribution >= 4 is 40.0 Å². The van der Waals surface area contributed by atoms with Crippen molar-refractivity contribution in [1.82, 2.24) is 4.98 Å². The van der Waals surface area contributed by atoms with E-state index in [1.54, 1.807) is 24.3 Å². The molecule has 7 heteroatoms. The van der Waals surface area contributed by atoms with Gasteiger partial charge in [0.25, 0.3) is 5.91 Å². The molecule has 5 rings (SSSR count). The van der Waals surface area contributed by atoms with Crippen molar-refractivity contribution in [3.63, 3.8) is 0 Å². The van der Waals surface area contributed by atoms with Gasteiger partial charge in [0.2, 0.25) is 0 Å². The maximum atomic E-state index is 13.0. The highest BCUT2D eigenvalue weighted by molar-refractivity contribution is 6.08. The van der Waals surface area contributed by atoms with Gasteiger partial charge in [-0.2, -0.15) is 0 Å². The van der Waals surface area contributed by atoms with Crippen molar-refractivity contribution in [1.29, 1.82) is 0 Å². The number of aromatic nitrogens is 1. The van der Waals surface area contributed by atoms with Crippen molar-refractivity contribution in [3.8, 4) is 11.1 Å². The van der Waals surface area contributed by atoms with Crippen molar-refractivity contribution in [2.45, 2.75) is 18.8 Å². The van der Waals surface area contributed by atoms with Gasteiger partial charge in [0.05, 0.1) is 22.5 Å². The molecule has 33 heavy (non-hydrogen) atoms. The molecular formula is C26H22N4O3. The molecule has 1 saturated carbocycles. The average molecular weight is 438 g/mol. The lowest BCUT2D eigenvalue weighted by atomic mass is 10.0. The van der Waals surface area contributed by atoms with Gasteiger partial charge < -0.3 is 16.2 Å². The molecule has 0 atom stereocenters. The molecular weight excluding hydrogens is 416 g/mol. The molecule has 1 fully saturated rings. The fourth-order valence-corrected chi connectivity index (χ4v) is 4.03. The van der Waals surface area contributed by atoms with Crippen LogP contribution in [0, 0.1) is 0 Å². The predicted octanol–water partition coefficient (Wildman–Crippen LogP) is 5.70. The summed E-state index contributed by atoms with van der Waals surface area (Å²) in [6.45, 7) is 0. The van der Waals surface area contributed by atoms with Crippen molar-refractivity contribution in [2.75, 3.05) is 16.4 Å². The number of nitrogens with zero attached hydrogens (tertiary/aromatic N) is 1. The number of anilines is 3. The number of carbonyl (C=O) groups is 2. The molecule has 164 valence electrons. The lowest BCUT2D eigenvalue weighted by Gasteiger charge is -2.13. The molecule has 0 aliphatic heterocycles. The van der Waals surface area contributed by atoms with Crippen LogP contribution in [0.1, 0.15) is 34.7 Å². The number of nitrogen functional groups attached to an aromatic ring is 1. The van der Waals surface area contributed by atoms with Gasteiger partial charge in [-0.15, -0.1) is 0 Å². The Labute approximate surface area is 190 Å². The lowest BCUT2D eigenvalue weighted by Crippen LogP contribution is -2.14. The summed E-state index contributed by atoms with van der Waals surface area (Å²) >= 11 is 0. The summed E-state index contributed by atoms with van der Waals surface area (Å²) in [5.74, 6) is -0.0368. The first kappa shape index (κ1) is 20.5. The Morgan fingerprint density at radius 1 is 0.909 bits per heavy atom. The van der Waals surface area contributed by atoms with Gasteiger partial charge in [0, 0.05) is 22.8 Å². The fraction of sp³-hybridized carbons (Fsp3) is 0.115. The standard InChI is InChI=1S/C26H22N4O3/c27-20-10-8-17(15-4-2-1-3-5-15)13-22(20)29-25(31)19-12-18-9-11-21(30-26(32)33)23(16-6-7-16)24(18)28-14-19/h1-5,8-14,16,30H,6-7,27H2,(H,29,31)(H,32,33). The first-order valence-corrected chi connectivity index (χ1v) is 10.7. The van der Waals surface area contributed by atoms with Crippen LogP contribution in [-0.4, -0.2) is 22.1 Å². The Morgan fingerprint density at radius 3 is 2.42 bits per heavy atom. The third-order valence-corrected chi connectivity index (χ3v) is 5.79. The number of nitrogens with one attached hydrogen (secondary N) is 2. The number of hydrogen-bond donors (Lipinski definition) is 4. The number of carboxylic acid groups (broad SMARTS) is 1. The predicted molar refractivity (Wildman–Crippen MR) is 130 cm³/mol. The van der Waals surface area contributed by atoms with Crippen LogP contribution >= 0.6 is 0 Å². The number of fused-ring (bicyclic) bond motifs is 1. The minimum absolute atomic E-state index is 0.281. The van der Waals surface area contributed by atoms with Crippen LogP contribution < -0.4 is 16.4 Å². The smallest absolute Gasteiger partial charge is 0.409 e. The van der Waals surface area contributed by atoms with Crippen LogP contribution in [0.15, 0.2) is 72.9 Å². The molecule has 0 saturated heterocycles. The minimum atomic E-state index is -1.11. The Bertz CT molecular complexity index is 1380. The first-order chi connectivity index (χ1) is 16.0. The molecule has 1 aliphatic rings. The van der Waals surface area contributed by atoms with Gasteiger partial charge in [-0.1, -0.05) is 42.5 Å². The number of rotatable bonds is 5. The van der Waals surface area contributed by atoms with E-state index in [9.17, 15) is 9.59 Å². The number of amides is 2. The molecule has 0 bridgehead atoms. The highest BCUT2D eigenvalue weighted by Crippen LogP contribution is 2.46. The molecule has 7 nitrogen and oxygen atoms in total. The molecule has 0 spiro atoms. The van der Waals surface area contributed by atoms with Crippen LogP contribution in [0.3, 0.4) is 0 Å². The van der Waals surface area contributed by atoms with Gasteiger partial charge >= 0.3 is 6.09 Å². The Morgan fingerprint density at radius 2 is 1.70 bits per heavy atom. The molecule has 3 aromatic carbocycles. The Balaban J connectivity index is 1.45. The number of pyridine rings is 1. The van der Waals surface area contributed by atoms with Crippen LogP contribution in [-0.2, 0) is 0 Å².